The average Bonchev–Trinajstić information content (AvgIpc) is 2.89. The van der Waals surface area contributed by atoms with Gasteiger partial charge in [-0.05, 0) is 26.2 Å². The number of carbonyl (C=O) groups is 2. The molecule has 2 heterocycles. The minimum absolute atomic E-state index is 0.00290. The Labute approximate surface area is 129 Å². The average molecular weight is 310 g/mol. The number of rotatable bonds is 4. The van der Waals surface area contributed by atoms with Crippen molar-refractivity contribution >= 4 is 12.1 Å². The van der Waals surface area contributed by atoms with Crippen molar-refractivity contribution in [3.8, 4) is 0 Å². The molecule has 0 aliphatic carbocycles. The van der Waals surface area contributed by atoms with Crippen molar-refractivity contribution in [1.82, 2.24) is 19.9 Å². The number of carboxylic acid groups (broad SMARTS) is 1. The Bertz CT molecular complexity index is 549. The van der Waals surface area contributed by atoms with Gasteiger partial charge in [0.1, 0.15) is 6.10 Å². The maximum Gasteiger partial charge on any atom is 0.410 e. The molecule has 1 aliphatic rings. The SMILES string of the molecule is CCC(C)OC(=O)N1CCC(c2c(C(=O)O)nnn2C)CC1. The van der Waals surface area contributed by atoms with Crippen LogP contribution in [0.1, 0.15) is 55.2 Å². The Morgan fingerprint density at radius 3 is 2.59 bits per heavy atom. The molecule has 1 aromatic heterocycles. The molecule has 0 spiro atoms. The molecular formula is C14H22N4O4. The van der Waals surface area contributed by atoms with E-state index >= 15 is 0 Å². The predicted octanol–water partition coefficient (Wildman–Crippen LogP) is 1.63. The van der Waals surface area contributed by atoms with Crippen LogP contribution >= 0.6 is 0 Å². The summed E-state index contributed by atoms with van der Waals surface area (Å²) >= 11 is 0. The number of nitrogens with zero attached hydrogens (tertiary/aromatic N) is 4. The fourth-order valence-corrected chi connectivity index (χ4v) is 2.64. The van der Waals surface area contributed by atoms with Gasteiger partial charge in [0, 0.05) is 26.1 Å². The van der Waals surface area contributed by atoms with Crippen LogP contribution in [0.5, 0.6) is 0 Å². The quantitative estimate of drug-likeness (QED) is 0.907. The smallest absolute Gasteiger partial charge is 0.410 e. The topological polar surface area (TPSA) is 97.6 Å². The lowest BCUT2D eigenvalue weighted by Gasteiger charge is -2.32. The Balaban J connectivity index is 1.99. The zero-order valence-electron chi connectivity index (χ0n) is 13.2. The van der Waals surface area contributed by atoms with Crippen LogP contribution in [0, 0.1) is 0 Å². The largest absolute Gasteiger partial charge is 0.476 e. The van der Waals surface area contributed by atoms with E-state index in [1.54, 1.807) is 11.9 Å². The first-order valence-corrected chi connectivity index (χ1v) is 7.52. The van der Waals surface area contributed by atoms with Crippen molar-refractivity contribution < 1.29 is 19.4 Å². The van der Waals surface area contributed by atoms with E-state index in [4.69, 9.17) is 4.74 Å². The van der Waals surface area contributed by atoms with Gasteiger partial charge in [0.05, 0.1) is 5.69 Å². The summed E-state index contributed by atoms with van der Waals surface area (Å²) in [7, 11) is 1.69. The van der Waals surface area contributed by atoms with Gasteiger partial charge in [-0.25, -0.2) is 9.59 Å². The predicted molar refractivity (Wildman–Crippen MR) is 77.7 cm³/mol. The van der Waals surface area contributed by atoms with Crippen LogP contribution in [0.2, 0.25) is 0 Å². The van der Waals surface area contributed by atoms with Gasteiger partial charge in [-0.15, -0.1) is 5.10 Å². The molecule has 0 saturated carbocycles. The molecule has 1 N–H and O–H groups in total. The van der Waals surface area contributed by atoms with E-state index in [0.29, 0.717) is 31.6 Å². The summed E-state index contributed by atoms with van der Waals surface area (Å²) in [6.07, 6.45) is 1.75. The number of piperidine rings is 1. The molecular weight excluding hydrogens is 288 g/mol. The molecule has 8 heteroatoms. The Kier molecular flexibility index (Phi) is 4.99. The molecule has 1 fully saturated rings. The molecule has 22 heavy (non-hydrogen) atoms. The van der Waals surface area contributed by atoms with Crippen LogP contribution in [0.4, 0.5) is 4.79 Å². The molecule has 1 aromatic rings. The van der Waals surface area contributed by atoms with Crippen LogP contribution in [-0.4, -0.2) is 56.3 Å². The molecule has 0 radical (unpaired) electrons. The molecule has 1 saturated heterocycles. The Morgan fingerprint density at radius 1 is 1.41 bits per heavy atom. The van der Waals surface area contributed by atoms with Crippen molar-refractivity contribution in [2.75, 3.05) is 13.1 Å². The van der Waals surface area contributed by atoms with Gasteiger partial charge in [-0.2, -0.15) is 0 Å². The summed E-state index contributed by atoms with van der Waals surface area (Å²) in [4.78, 5) is 24.9. The molecule has 8 nitrogen and oxygen atoms in total. The van der Waals surface area contributed by atoms with Crippen LogP contribution in [-0.2, 0) is 11.8 Å². The van der Waals surface area contributed by atoms with E-state index in [0.717, 1.165) is 6.42 Å². The highest BCUT2D eigenvalue weighted by Gasteiger charge is 2.31. The van der Waals surface area contributed by atoms with Crippen molar-refractivity contribution in [2.45, 2.75) is 45.1 Å². The van der Waals surface area contributed by atoms with Crippen LogP contribution in [0.25, 0.3) is 0 Å². The van der Waals surface area contributed by atoms with E-state index in [2.05, 4.69) is 10.3 Å². The van der Waals surface area contributed by atoms with Crippen molar-refractivity contribution in [2.24, 2.45) is 7.05 Å². The van der Waals surface area contributed by atoms with Crippen LogP contribution in [0.15, 0.2) is 0 Å². The van der Waals surface area contributed by atoms with Gasteiger partial charge in [-0.1, -0.05) is 12.1 Å². The van der Waals surface area contributed by atoms with E-state index in [9.17, 15) is 14.7 Å². The number of hydrogen-bond donors (Lipinski definition) is 1. The van der Waals surface area contributed by atoms with Gasteiger partial charge in [0.25, 0.3) is 0 Å². The van der Waals surface area contributed by atoms with Gasteiger partial charge in [-0.3, -0.25) is 4.68 Å². The number of aromatic carboxylic acids is 1. The summed E-state index contributed by atoms with van der Waals surface area (Å²) in [5.41, 5.74) is 0.630. The highest BCUT2D eigenvalue weighted by atomic mass is 16.6. The third-order valence-electron chi connectivity index (χ3n) is 4.09. The van der Waals surface area contributed by atoms with Crippen LogP contribution in [0.3, 0.4) is 0 Å². The minimum Gasteiger partial charge on any atom is -0.476 e. The number of carbonyl (C=O) groups excluding carboxylic acids is 1. The standard InChI is InChI=1S/C14H22N4O4/c1-4-9(2)22-14(21)18-7-5-10(6-8-18)12-11(13(19)20)15-16-17(12)3/h9-10H,4-8H2,1-3H3,(H,19,20). The summed E-state index contributed by atoms with van der Waals surface area (Å²) in [5.74, 6) is -1.03. The fourth-order valence-electron chi connectivity index (χ4n) is 2.64. The summed E-state index contributed by atoms with van der Waals surface area (Å²) in [5, 5.41) is 16.7. The molecule has 2 rings (SSSR count). The van der Waals surface area contributed by atoms with Crippen LogP contribution < -0.4 is 0 Å². The molecule has 0 aromatic carbocycles. The van der Waals surface area contributed by atoms with Crippen molar-refractivity contribution in [3.63, 3.8) is 0 Å². The lowest BCUT2D eigenvalue weighted by Crippen LogP contribution is -2.39. The monoisotopic (exact) mass is 310 g/mol. The second-order valence-electron chi connectivity index (χ2n) is 5.62. The lowest BCUT2D eigenvalue weighted by atomic mass is 9.92. The molecule has 1 atom stereocenters. The number of ether oxygens (including phenoxy) is 1. The Morgan fingerprint density at radius 2 is 2.05 bits per heavy atom. The lowest BCUT2D eigenvalue weighted by molar-refractivity contribution is 0.0604. The van der Waals surface area contributed by atoms with Gasteiger partial charge >= 0.3 is 12.1 Å². The first-order valence-electron chi connectivity index (χ1n) is 7.52. The molecule has 1 aliphatic heterocycles. The molecule has 0 bridgehead atoms. The minimum atomic E-state index is -1.07. The first kappa shape index (κ1) is 16.3. The normalized spacial score (nSPS) is 17.3. The number of aryl methyl sites for hydroxylation is 1. The number of carboxylic acids is 1. The third kappa shape index (κ3) is 3.37. The van der Waals surface area contributed by atoms with Gasteiger partial charge in [0.2, 0.25) is 0 Å². The van der Waals surface area contributed by atoms with Crippen molar-refractivity contribution in [3.05, 3.63) is 11.4 Å². The second kappa shape index (κ2) is 6.76. The highest BCUT2D eigenvalue weighted by Crippen LogP contribution is 2.29. The van der Waals surface area contributed by atoms with Gasteiger partial charge in [0.15, 0.2) is 5.69 Å². The highest BCUT2D eigenvalue weighted by molar-refractivity contribution is 5.86. The molecule has 1 amide bonds. The zero-order chi connectivity index (χ0) is 16.3. The van der Waals surface area contributed by atoms with E-state index < -0.39 is 5.97 Å². The van der Waals surface area contributed by atoms with E-state index in [-0.39, 0.29) is 23.8 Å². The molecule has 122 valence electrons. The maximum atomic E-state index is 12.0. The summed E-state index contributed by atoms with van der Waals surface area (Å²) < 4.78 is 6.83. The molecule has 1 unspecified atom stereocenters. The maximum absolute atomic E-state index is 12.0. The van der Waals surface area contributed by atoms with Crippen molar-refractivity contribution in [1.29, 1.82) is 0 Å². The van der Waals surface area contributed by atoms with Gasteiger partial charge < -0.3 is 14.7 Å². The number of likely N-dealkylation sites (tertiary alicyclic amines) is 1. The number of hydrogen-bond acceptors (Lipinski definition) is 5. The number of aromatic nitrogens is 3. The zero-order valence-corrected chi connectivity index (χ0v) is 13.2. The fraction of sp³-hybridized carbons (Fsp3) is 0.714. The summed E-state index contributed by atoms with van der Waals surface area (Å²) in [6.45, 7) is 4.92. The first-order chi connectivity index (χ1) is 10.4. The van der Waals surface area contributed by atoms with E-state index in [1.807, 2.05) is 13.8 Å². The van der Waals surface area contributed by atoms with E-state index in [1.165, 1.54) is 4.68 Å². The number of amides is 1. The Hall–Kier alpha value is -2.12. The second-order valence-corrected chi connectivity index (χ2v) is 5.62. The third-order valence-corrected chi connectivity index (χ3v) is 4.09. The summed E-state index contributed by atoms with van der Waals surface area (Å²) in [6, 6.07) is 0.